The molecule has 2 aliphatic rings. The van der Waals surface area contributed by atoms with Crippen LogP contribution in [0.3, 0.4) is 0 Å². The van der Waals surface area contributed by atoms with E-state index in [1.165, 1.54) is 17.2 Å². The molecule has 3 rings (SSSR count). The summed E-state index contributed by atoms with van der Waals surface area (Å²) in [6, 6.07) is 0.290. The standard InChI is InChI=1S/C16H24BrN3O2S/c1-16(2,3)13-12-11(4-7-19(13)15(21)22)20(18-14(12)17)10-5-8-23-9-6-10/h10,13H,4-9H2,1-3H3,(H,21,22). The maximum Gasteiger partial charge on any atom is 0.407 e. The number of amides is 1. The van der Waals surface area contributed by atoms with Crippen LogP contribution in [0.4, 0.5) is 4.79 Å². The van der Waals surface area contributed by atoms with Gasteiger partial charge in [0.25, 0.3) is 0 Å². The molecule has 7 heteroatoms. The average Bonchev–Trinajstić information content (AvgIpc) is 2.83. The molecule has 2 aliphatic heterocycles. The number of fused-ring (bicyclic) bond motifs is 1. The van der Waals surface area contributed by atoms with E-state index in [4.69, 9.17) is 5.10 Å². The number of thioether (sulfide) groups is 1. The Morgan fingerprint density at radius 1 is 1.35 bits per heavy atom. The summed E-state index contributed by atoms with van der Waals surface area (Å²) in [5.41, 5.74) is 2.13. The predicted molar refractivity (Wildman–Crippen MR) is 96.2 cm³/mol. The second kappa shape index (κ2) is 6.31. The van der Waals surface area contributed by atoms with Crippen LogP contribution in [0.25, 0.3) is 0 Å². The first-order valence-electron chi connectivity index (χ1n) is 8.14. The van der Waals surface area contributed by atoms with E-state index in [9.17, 15) is 9.90 Å². The van der Waals surface area contributed by atoms with Crippen molar-refractivity contribution in [1.29, 1.82) is 0 Å². The Kier molecular flexibility index (Phi) is 4.71. The summed E-state index contributed by atoms with van der Waals surface area (Å²) in [5, 5.41) is 14.4. The second-order valence-corrected chi connectivity index (χ2v) is 9.41. The largest absolute Gasteiger partial charge is 0.465 e. The van der Waals surface area contributed by atoms with E-state index >= 15 is 0 Å². The van der Waals surface area contributed by atoms with Gasteiger partial charge in [-0.2, -0.15) is 16.9 Å². The van der Waals surface area contributed by atoms with Crippen LogP contribution in [0.15, 0.2) is 4.60 Å². The molecule has 0 aliphatic carbocycles. The highest BCUT2D eigenvalue weighted by Crippen LogP contribution is 2.46. The smallest absolute Gasteiger partial charge is 0.407 e. The van der Waals surface area contributed by atoms with Crippen molar-refractivity contribution in [2.45, 2.75) is 52.1 Å². The summed E-state index contributed by atoms with van der Waals surface area (Å²) in [4.78, 5) is 13.3. The van der Waals surface area contributed by atoms with Gasteiger partial charge in [0, 0.05) is 24.2 Å². The van der Waals surface area contributed by atoms with E-state index in [0.29, 0.717) is 12.6 Å². The van der Waals surface area contributed by atoms with Crippen molar-refractivity contribution in [3.8, 4) is 0 Å². The predicted octanol–water partition coefficient (Wildman–Crippen LogP) is 4.34. The van der Waals surface area contributed by atoms with Gasteiger partial charge in [0.05, 0.1) is 12.1 Å². The Morgan fingerprint density at radius 3 is 2.57 bits per heavy atom. The van der Waals surface area contributed by atoms with E-state index in [0.717, 1.165) is 29.4 Å². The first kappa shape index (κ1) is 17.1. The van der Waals surface area contributed by atoms with Gasteiger partial charge >= 0.3 is 6.09 Å². The van der Waals surface area contributed by atoms with Crippen LogP contribution in [0.2, 0.25) is 0 Å². The van der Waals surface area contributed by atoms with Crippen molar-refractivity contribution < 1.29 is 9.90 Å². The molecule has 1 atom stereocenters. The van der Waals surface area contributed by atoms with Crippen molar-refractivity contribution in [1.82, 2.24) is 14.7 Å². The molecule has 1 unspecified atom stereocenters. The van der Waals surface area contributed by atoms with Crippen LogP contribution < -0.4 is 0 Å². The van der Waals surface area contributed by atoms with Gasteiger partial charge in [-0.25, -0.2) is 4.79 Å². The van der Waals surface area contributed by atoms with Gasteiger partial charge in [0.1, 0.15) is 4.60 Å². The maximum atomic E-state index is 11.7. The first-order valence-corrected chi connectivity index (χ1v) is 10.1. The zero-order valence-electron chi connectivity index (χ0n) is 13.9. The molecule has 0 saturated carbocycles. The molecule has 128 valence electrons. The van der Waals surface area contributed by atoms with Crippen LogP contribution >= 0.6 is 27.7 Å². The van der Waals surface area contributed by atoms with Crippen LogP contribution in [0.5, 0.6) is 0 Å². The highest BCUT2D eigenvalue weighted by atomic mass is 79.9. The molecular weight excluding hydrogens is 378 g/mol. The minimum absolute atomic E-state index is 0.162. The first-order chi connectivity index (χ1) is 10.8. The summed E-state index contributed by atoms with van der Waals surface area (Å²) in [6.45, 7) is 6.85. The molecule has 23 heavy (non-hydrogen) atoms. The molecule has 1 amide bonds. The fourth-order valence-electron chi connectivity index (χ4n) is 3.82. The molecule has 1 fully saturated rings. The Hall–Kier alpha value is -0.690. The summed E-state index contributed by atoms with van der Waals surface area (Å²) >= 11 is 5.63. The second-order valence-electron chi connectivity index (χ2n) is 7.43. The van der Waals surface area contributed by atoms with Gasteiger partial charge in [0.15, 0.2) is 0 Å². The van der Waals surface area contributed by atoms with Crippen molar-refractivity contribution in [2.75, 3.05) is 18.1 Å². The van der Waals surface area contributed by atoms with Crippen molar-refractivity contribution >= 4 is 33.8 Å². The highest BCUT2D eigenvalue weighted by molar-refractivity contribution is 9.10. The zero-order chi connectivity index (χ0) is 16.8. The average molecular weight is 402 g/mol. The summed E-state index contributed by atoms with van der Waals surface area (Å²) in [7, 11) is 0. The lowest BCUT2D eigenvalue weighted by molar-refractivity contribution is 0.0746. The minimum atomic E-state index is -0.843. The Bertz CT molecular complexity index is 605. The monoisotopic (exact) mass is 401 g/mol. The van der Waals surface area contributed by atoms with E-state index in [2.05, 4.69) is 41.4 Å². The van der Waals surface area contributed by atoms with Crippen molar-refractivity contribution in [3.63, 3.8) is 0 Å². The molecule has 1 saturated heterocycles. The Labute approximate surface area is 149 Å². The molecule has 0 aromatic carbocycles. The topological polar surface area (TPSA) is 58.4 Å². The number of nitrogens with zero attached hydrogens (tertiary/aromatic N) is 3. The van der Waals surface area contributed by atoms with Crippen molar-refractivity contribution in [3.05, 3.63) is 15.9 Å². The number of hydrogen-bond donors (Lipinski definition) is 1. The minimum Gasteiger partial charge on any atom is -0.465 e. The Morgan fingerprint density at radius 2 is 2.00 bits per heavy atom. The van der Waals surface area contributed by atoms with Gasteiger partial charge in [-0.15, -0.1) is 0 Å². The molecule has 0 bridgehead atoms. The summed E-state index contributed by atoms with van der Waals surface area (Å²) in [5.74, 6) is 2.36. The van der Waals surface area contributed by atoms with E-state index in [1.54, 1.807) is 4.90 Å². The number of halogens is 1. The quantitative estimate of drug-likeness (QED) is 0.760. The fraction of sp³-hybridized carbons (Fsp3) is 0.750. The van der Waals surface area contributed by atoms with Crippen molar-refractivity contribution in [2.24, 2.45) is 5.41 Å². The maximum absolute atomic E-state index is 11.7. The lowest BCUT2D eigenvalue weighted by Crippen LogP contribution is -2.45. The fourth-order valence-corrected chi connectivity index (χ4v) is 5.52. The van der Waals surface area contributed by atoms with E-state index in [1.807, 2.05) is 11.8 Å². The highest BCUT2D eigenvalue weighted by Gasteiger charge is 2.42. The van der Waals surface area contributed by atoms with Crippen LogP contribution in [0.1, 0.15) is 57.0 Å². The molecule has 3 heterocycles. The number of aromatic nitrogens is 2. The zero-order valence-corrected chi connectivity index (χ0v) is 16.3. The third-order valence-corrected chi connectivity index (χ3v) is 6.42. The molecule has 0 spiro atoms. The van der Waals surface area contributed by atoms with Gasteiger partial charge < -0.3 is 10.0 Å². The molecule has 1 aromatic heterocycles. The number of carbonyl (C=O) groups is 1. The lowest BCUT2D eigenvalue weighted by atomic mass is 9.79. The van der Waals surface area contributed by atoms with E-state index < -0.39 is 6.09 Å². The summed E-state index contributed by atoms with van der Waals surface area (Å²) in [6.07, 6.45) is 2.20. The molecular formula is C16H24BrN3O2S. The van der Waals surface area contributed by atoms with Crippen LogP contribution in [-0.4, -0.2) is 43.9 Å². The molecule has 5 nitrogen and oxygen atoms in total. The summed E-state index contributed by atoms with van der Waals surface area (Å²) < 4.78 is 3.01. The van der Waals surface area contributed by atoms with Gasteiger partial charge in [-0.3, -0.25) is 4.68 Å². The number of hydrogen-bond acceptors (Lipinski definition) is 3. The molecule has 0 radical (unpaired) electrons. The van der Waals surface area contributed by atoms with Gasteiger partial charge in [0.2, 0.25) is 0 Å². The third kappa shape index (κ3) is 3.14. The van der Waals surface area contributed by atoms with Gasteiger partial charge in [-0.1, -0.05) is 20.8 Å². The van der Waals surface area contributed by atoms with E-state index in [-0.39, 0.29) is 11.5 Å². The third-order valence-electron chi connectivity index (χ3n) is 4.78. The number of carboxylic acid groups (broad SMARTS) is 1. The normalized spacial score (nSPS) is 23.0. The molecule has 1 N–H and O–H groups in total. The SMILES string of the molecule is CC(C)(C)C1c2c(Br)nn(C3CCSCC3)c2CCN1C(=O)O. The Balaban J connectivity index is 2.06. The van der Waals surface area contributed by atoms with Crippen LogP contribution in [0, 0.1) is 5.41 Å². The number of rotatable bonds is 1. The van der Waals surface area contributed by atoms with Gasteiger partial charge in [-0.05, 0) is 45.7 Å². The van der Waals surface area contributed by atoms with Crippen LogP contribution in [-0.2, 0) is 6.42 Å². The molecule has 1 aromatic rings. The lowest BCUT2D eigenvalue weighted by Gasteiger charge is -2.42.